The predicted octanol–water partition coefficient (Wildman–Crippen LogP) is 4.12. The molecule has 0 saturated carbocycles. The lowest BCUT2D eigenvalue weighted by Gasteiger charge is -2.43. The van der Waals surface area contributed by atoms with Gasteiger partial charge >= 0.3 is 0 Å². The number of nitrogens with zero attached hydrogens (tertiary/aromatic N) is 4. The van der Waals surface area contributed by atoms with Crippen LogP contribution in [0.5, 0.6) is 5.75 Å². The average molecular weight is 539 g/mol. The van der Waals surface area contributed by atoms with Crippen molar-refractivity contribution >= 4 is 21.9 Å². The molecule has 2 fully saturated rings. The first-order valence-electron chi connectivity index (χ1n) is 12.2. The van der Waals surface area contributed by atoms with Crippen LogP contribution >= 0.6 is 0 Å². The van der Waals surface area contributed by atoms with Gasteiger partial charge in [-0.2, -0.15) is 0 Å². The summed E-state index contributed by atoms with van der Waals surface area (Å²) in [5.74, 6) is 0.418. The highest BCUT2D eigenvalue weighted by molar-refractivity contribution is 7.91. The Balaban J connectivity index is 1.46. The number of benzene rings is 2. The Morgan fingerprint density at radius 3 is 2.63 bits per heavy atom. The normalized spacial score (nSPS) is 26.9. The SMILES string of the molecule is COc1cc(/C=C2\CC3(CCOC3)S(=O)(=O)N3C2=NOC3(C)c2ccc(F)cc2)ccc1-n1cnc(C)c1. The van der Waals surface area contributed by atoms with E-state index in [9.17, 15) is 12.8 Å². The van der Waals surface area contributed by atoms with Gasteiger partial charge in [0.25, 0.3) is 0 Å². The third kappa shape index (κ3) is 3.64. The van der Waals surface area contributed by atoms with Crippen LogP contribution in [-0.4, -0.2) is 53.2 Å². The van der Waals surface area contributed by atoms with Crippen LogP contribution in [-0.2, 0) is 25.3 Å². The number of rotatable bonds is 4. The number of imidazole rings is 1. The molecule has 38 heavy (non-hydrogen) atoms. The lowest BCUT2D eigenvalue weighted by molar-refractivity contribution is -0.0617. The molecule has 4 heterocycles. The fraction of sp³-hybridized carbons (Fsp3) is 0.333. The molecule has 0 radical (unpaired) electrons. The zero-order valence-electron chi connectivity index (χ0n) is 21.2. The lowest BCUT2D eigenvalue weighted by Crippen LogP contribution is -2.60. The molecular weight excluding hydrogens is 511 g/mol. The van der Waals surface area contributed by atoms with Crippen molar-refractivity contribution < 1.29 is 27.1 Å². The van der Waals surface area contributed by atoms with E-state index in [2.05, 4.69) is 10.1 Å². The van der Waals surface area contributed by atoms with Crippen LogP contribution in [0, 0.1) is 12.7 Å². The summed E-state index contributed by atoms with van der Waals surface area (Å²) < 4.78 is 55.2. The van der Waals surface area contributed by atoms with Crippen molar-refractivity contribution in [2.45, 2.75) is 37.2 Å². The summed E-state index contributed by atoms with van der Waals surface area (Å²) in [6.45, 7) is 3.95. The standard InChI is InChI=1S/C27H27FN4O5S/c1-18-15-31(17-29-18)23-9-4-19(13-24(23)35-3)12-20-14-27(10-11-36-16-27)38(33,34)32-25(20)30-37-26(32,2)21-5-7-22(28)8-6-21/h4-9,12-13,15,17H,10-11,14,16H2,1-3H3/b20-12+. The highest BCUT2D eigenvalue weighted by atomic mass is 32.2. The van der Waals surface area contributed by atoms with Gasteiger partial charge in [0.2, 0.25) is 15.7 Å². The van der Waals surface area contributed by atoms with Crippen molar-refractivity contribution in [2.24, 2.45) is 5.16 Å². The van der Waals surface area contributed by atoms with Gasteiger partial charge in [-0.15, -0.1) is 0 Å². The number of amidine groups is 1. The van der Waals surface area contributed by atoms with Gasteiger partial charge in [0.15, 0.2) is 5.84 Å². The van der Waals surface area contributed by atoms with Gasteiger partial charge < -0.3 is 18.9 Å². The summed E-state index contributed by atoms with van der Waals surface area (Å²) in [6.07, 6.45) is 6.10. The van der Waals surface area contributed by atoms with Crippen molar-refractivity contribution in [2.75, 3.05) is 20.3 Å². The number of hydrogen-bond donors (Lipinski definition) is 0. The van der Waals surface area contributed by atoms with Crippen LogP contribution < -0.4 is 4.74 Å². The first-order chi connectivity index (χ1) is 18.2. The van der Waals surface area contributed by atoms with E-state index in [0.717, 1.165) is 16.9 Å². The number of sulfonamides is 1. The first kappa shape index (κ1) is 24.6. The minimum Gasteiger partial charge on any atom is -0.495 e. The summed E-state index contributed by atoms with van der Waals surface area (Å²) in [5, 5.41) is 4.26. The number of halogens is 1. The summed E-state index contributed by atoms with van der Waals surface area (Å²) >= 11 is 0. The second-order valence-electron chi connectivity index (χ2n) is 9.95. The monoisotopic (exact) mass is 538 g/mol. The number of hydrogen-bond acceptors (Lipinski definition) is 7. The molecule has 2 aromatic carbocycles. The molecule has 198 valence electrons. The van der Waals surface area contributed by atoms with Crippen LogP contribution in [0.15, 0.2) is 65.7 Å². The molecule has 3 aliphatic rings. The zero-order chi connectivity index (χ0) is 26.7. The number of aryl methyl sites for hydroxylation is 1. The Morgan fingerprint density at radius 2 is 1.97 bits per heavy atom. The molecule has 2 atom stereocenters. The maximum absolute atomic E-state index is 14.1. The minimum absolute atomic E-state index is 0.0676. The van der Waals surface area contributed by atoms with Gasteiger partial charge in [-0.25, -0.2) is 22.1 Å². The molecule has 9 nitrogen and oxygen atoms in total. The summed E-state index contributed by atoms with van der Waals surface area (Å²) in [7, 11) is -2.36. The Labute approximate surface area is 220 Å². The molecule has 0 N–H and O–H groups in total. The molecule has 2 unspecified atom stereocenters. The van der Waals surface area contributed by atoms with Crippen LogP contribution in [0.25, 0.3) is 11.8 Å². The number of fused-ring (bicyclic) bond motifs is 1. The molecule has 3 aromatic rings. The van der Waals surface area contributed by atoms with Crippen LogP contribution in [0.3, 0.4) is 0 Å². The molecule has 3 aliphatic heterocycles. The van der Waals surface area contributed by atoms with E-state index in [4.69, 9.17) is 14.3 Å². The molecule has 0 aliphatic carbocycles. The van der Waals surface area contributed by atoms with E-state index in [-0.39, 0.29) is 18.9 Å². The van der Waals surface area contributed by atoms with Crippen molar-refractivity contribution in [3.05, 3.63) is 83.2 Å². The maximum Gasteiger partial charge on any atom is 0.248 e. The largest absolute Gasteiger partial charge is 0.495 e. The predicted molar refractivity (Wildman–Crippen MR) is 139 cm³/mol. The van der Waals surface area contributed by atoms with Crippen LogP contribution in [0.4, 0.5) is 4.39 Å². The van der Waals surface area contributed by atoms with E-state index in [1.807, 2.05) is 42.0 Å². The van der Waals surface area contributed by atoms with E-state index in [1.54, 1.807) is 20.4 Å². The van der Waals surface area contributed by atoms with Gasteiger partial charge in [0.05, 0.1) is 31.4 Å². The topological polar surface area (TPSA) is 95.3 Å². The van der Waals surface area contributed by atoms with Crippen molar-refractivity contribution in [3.8, 4) is 11.4 Å². The van der Waals surface area contributed by atoms with E-state index in [0.29, 0.717) is 29.9 Å². The number of ether oxygens (including phenoxy) is 2. The van der Waals surface area contributed by atoms with Crippen molar-refractivity contribution in [1.82, 2.24) is 13.9 Å². The molecule has 2 saturated heterocycles. The van der Waals surface area contributed by atoms with Crippen molar-refractivity contribution in [1.29, 1.82) is 0 Å². The first-order valence-corrected chi connectivity index (χ1v) is 13.7. The second kappa shape index (κ2) is 8.67. The molecule has 0 bridgehead atoms. The maximum atomic E-state index is 14.1. The summed E-state index contributed by atoms with van der Waals surface area (Å²) in [6, 6.07) is 11.3. The van der Waals surface area contributed by atoms with E-state index >= 15 is 0 Å². The third-order valence-electron chi connectivity index (χ3n) is 7.46. The lowest BCUT2D eigenvalue weighted by atomic mass is 9.94. The highest BCUT2D eigenvalue weighted by Gasteiger charge is 2.63. The van der Waals surface area contributed by atoms with Gasteiger partial charge in [-0.3, -0.25) is 0 Å². The summed E-state index contributed by atoms with van der Waals surface area (Å²) in [4.78, 5) is 10.1. The highest BCUT2D eigenvalue weighted by Crippen LogP contribution is 2.50. The zero-order valence-corrected chi connectivity index (χ0v) is 22.0. The molecule has 1 spiro atoms. The van der Waals surface area contributed by atoms with Crippen LogP contribution in [0.1, 0.15) is 36.6 Å². The Bertz CT molecular complexity index is 1570. The molecule has 11 heteroatoms. The fourth-order valence-corrected chi connectivity index (χ4v) is 7.65. The van der Waals surface area contributed by atoms with E-state index < -0.39 is 26.3 Å². The van der Waals surface area contributed by atoms with Gasteiger partial charge in [-0.05, 0) is 55.7 Å². The Morgan fingerprint density at radius 1 is 1.18 bits per heavy atom. The van der Waals surface area contributed by atoms with Crippen LogP contribution in [0.2, 0.25) is 0 Å². The van der Waals surface area contributed by atoms with Gasteiger partial charge in [-0.1, -0.05) is 23.4 Å². The number of oxime groups is 1. The molecule has 1 aromatic heterocycles. The Kier molecular flexibility index (Phi) is 5.62. The number of methoxy groups -OCH3 is 1. The summed E-state index contributed by atoms with van der Waals surface area (Å²) in [5.41, 5.74) is 2.22. The second-order valence-corrected chi connectivity index (χ2v) is 12.1. The van der Waals surface area contributed by atoms with Gasteiger partial charge in [0, 0.05) is 30.9 Å². The van der Waals surface area contributed by atoms with Crippen molar-refractivity contribution in [3.63, 3.8) is 0 Å². The minimum atomic E-state index is -3.96. The molecular formula is C27H27FN4O5S. The quantitative estimate of drug-likeness (QED) is 0.496. The molecule has 6 rings (SSSR count). The Hall–Kier alpha value is -3.70. The van der Waals surface area contributed by atoms with E-state index in [1.165, 1.54) is 28.6 Å². The van der Waals surface area contributed by atoms with Gasteiger partial charge in [0.1, 0.15) is 16.3 Å². The fourth-order valence-electron chi connectivity index (χ4n) is 5.38. The smallest absolute Gasteiger partial charge is 0.248 e. The number of aromatic nitrogens is 2. The average Bonchev–Trinajstić information content (AvgIpc) is 3.63. The molecule has 0 amide bonds. The third-order valence-corrected chi connectivity index (χ3v) is 10.0.